The van der Waals surface area contributed by atoms with Crippen LogP contribution in [0.1, 0.15) is 31.9 Å². The van der Waals surface area contributed by atoms with Crippen molar-refractivity contribution in [2.75, 3.05) is 18.5 Å². The molecule has 2 aromatic rings. The maximum absolute atomic E-state index is 13.1. The van der Waals surface area contributed by atoms with Crippen molar-refractivity contribution in [3.8, 4) is 5.75 Å². The number of aryl methyl sites for hydroxylation is 1. The molecule has 2 aromatic carbocycles. The van der Waals surface area contributed by atoms with Gasteiger partial charge in [-0.25, -0.2) is 0 Å². The molecule has 0 saturated carbocycles. The molecule has 0 saturated heterocycles. The Balaban J connectivity index is 2.03. The Bertz CT molecular complexity index is 965. The zero-order valence-corrected chi connectivity index (χ0v) is 17.8. The lowest BCUT2D eigenvalue weighted by Gasteiger charge is -2.17. The molecule has 0 unspecified atom stereocenters. The molecule has 0 radical (unpaired) electrons. The molecule has 0 fully saturated rings. The molecule has 5 nitrogen and oxygen atoms in total. The molecule has 1 heterocycles. The number of hydrogen-bond donors (Lipinski definition) is 1. The van der Waals surface area contributed by atoms with Crippen LogP contribution in [-0.2, 0) is 9.59 Å². The third-order valence-corrected chi connectivity index (χ3v) is 5.02. The molecule has 0 bridgehead atoms. The zero-order valence-electron chi connectivity index (χ0n) is 17.1. The van der Waals surface area contributed by atoms with Crippen LogP contribution in [0.3, 0.4) is 0 Å². The summed E-state index contributed by atoms with van der Waals surface area (Å²) in [6, 6.07) is 12.7. The number of anilines is 1. The van der Waals surface area contributed by atoms with Crippen LogP contribution in [0, 0.1) is 12.8 Å². The second-order valence-corrected chi connectivity index (χ2v) is 7.82. The van der Waals surface area contributed by atoms with Crippen molar-refractivity contribution < 1.29 is 14.3 Å². The number of benzene rings is 2. The van der Waals surface area contributed by atoms with Gasteiger partial charge in [0.25, 0.3) is 11.8 Å². The summed E-state index contributed by atoms with van der Waals surface area (Å²) >= 11 is 6.23. The molecule has 1 N–H and O–H groups in total. The van der Waals surface area contributed by atoms with Crippen molar-refractivity contribution in [3.63, 3.8) is 0 Å². The van der Waals surface area contributed by atoms with Gasteiger partial charge in [0, 0.05) is 17.3 Å². The average molecular weight is 413 g/mol. The fourth-order valence-corrected chi connectivity index (χ4v) is 3.37. The van der Waals surface area contributed by atoms with E-state index in [2.05, 4.69) is 5.32 Å². The molecule has 0 aliphatic carbocycles. The second-order valence-electron chi connectivity index (χ2n) is 7.41. The summed E-state index contributed by atoms with van der Waals surface area (Å²) in [5.74, 6) is 0.253. The number of nitrogens with zero attached hydrogens (tertiary/aromatic N) is 1. The van der Waals surface area contributed by atoms with Crippen LogP contribution in [0.25, 0.3) is 5.57 Å². The van der Waals surface area contributed by atoms with Crippen LogP contribution < -0.4 is 10.1 Å². The monoisotopic (exact) mass is 412 g/mol. The minimum absolute atomic E-state index is 0.164. The van der Waals surface area contributed by atoms with E-state index in [0.717, 1.165) is 5.56 Å². The van der Waals surface area contributed by atoms with Gasteiger partial charge < -0.3 is 10.1 Å². The summed E-state index contributed by atoms with van der Waals surface area (Å²) in [6.07, 6.45) is 0. The average Bonchev–Trinajstić information content (AvgIpc) is 2.90. The number of carbonyl (C=O) groups is 2. The van der Waals surface area contributed by atoms with Gasteiger partial charge in [-0.05, 0) is 55.2 Å². The first-order chi connectivity index (χ1) is 13.8. The number of carbonyl (C=O) groups excluding carboxylic acids is 2. The second kappa shape index (κ2) is 8.70. The highest BCUT2D eigenvalue weighted by Gasteiger charge is 2.39. The third-order valence-electron chi connectivity index (χ3n) is 4.61. The van der Waals surface area contributed by atoms with Gasteiger partial charge in [-0.2, -0.15) is 0 Å². The maximum atomic E-state index is 13.1. The minimum atomic E-state index is -0.329. The van der Waals surface area contributed by atoms with E-state index in [1.807, 2.05) is 39.8 Å². The fourth-order valence-electron chi connectivity index (χ4n) is 3.19. The van der Waals surface area contributed by atoms with E-state index in [0.29, 0.717) is 40.7 Å². The summed E-state index contributed by atoms with van der Waals surface area (Å²) < 4.78 is 5.48. The highest BCUT2D eigenvalue weighted by atomic mass is 35.5. The first-order valence-electron chi connectivity index (χ1n) is 9.68. The topological polar surface area (TPSA) is 58.6 Å². The van der Waals surface area contributed by atoms with Crippen LogP contribution in [0.15, 0.2) is 48.2 Å². The van der Waals surface area contributed by atoms with E-state index < -0.39 is 0 Å². The molecule has 6 heteroatoms. The van der Waals surface area contributed by atoms with Gasteiger partial charge in [0.15, 0.2) is 0 Å². The van der Waals surface area contributed by atoms with Crippen LogP contribution in [-0.4, -0.2) is 29.9 Å². The highest BCUT2D eigenvalue weighted by molar-refractivity contribution is 6.36. The van der Waals surface area contributed by atoms with Gasteiger partial charge in [0.05, 0.1) is 12.2 Å². The van der Waals surface area contributed by atoms with Gasteiger partial charge in [-0.15, -0.1) is 0 Å². The molecular weight excluding hydrogens is 388 g/mol. The summed E-state index contributed by atoms with van der Waals surface area (Å²) in [6.45, 7) is 8.69. The van der Waals surface area contributed by atoms with Crippen molar-refractivity contribution in [2.24, 2.45) is 5.92 Å². The molecule has 1 aliphatic heterocycles. The van der Waals surface area contributed by atoms with E-state index in [1.54, 1.807) is 30.3 Å². The Hall–Kier alpha value is -2.79. The standard InChI is InChI=1S/C23H25ClN2O3/c1-5-29-18-10-7-16(8-11-18)20-21(23(28)26(22(20)27)13-14(2)3)25-17-9-6-15(4)19(24)12-17/h6-12,14,25H,5,13H2,1-4H3. The first kappa shape index (κ1) is 20.9. The Labute approximate surface area is 176 Å². The number of halogens is 1. The van der Waals surface area contributed by atoms with Gasteiger partial charge in [-0.3, -0.25) is 14.5 Å². The minimum Gasteiger partial charge on any atom is -0.494 e. The maximum Gasteiger partial charge on any atom is 0.278 e. The molecule has 29 heavy (non-hydrogen) atoms. The van der Waals surface area contributed by atoms with E-state index in [9.17, 15) is 9.59 Å². The van der Waals surface area contributed by atoms with Gasteiger partial charge in [-0.1, -0.05) is 43.6 Å². The molecule has 0 aromatic heterocycles. The summed E-state index contributed by atoms with van der Waals surface area (Å²) in [4.78, 5) is 27.5. The molecular formula is C23H25ClN2O3. The molecule has 0 spiro atoms. The van der Waals surface area contributed by atoms with Gasteiger partial charge in [0.1, 0.15) is 11.4 Å². The zero-order chi connectivity index (χ0) is 21.1. The lowest BCUT2D eigenvalue weighted by molar-refractivity contribution is -0.137. The van der Waals surface area contributed by atoms with Crippen LogP contribution >= 0.6 is 11.6 Å². The van der Waals surface area contributed by atoms with Crippen LogP contribution in [0.4, 0.5) is 5.69 Å². The Morgan fingerprint density at radius 1 is 1.07 bits per heavy atom. The molecule has 1 aliphatic rings. The Morgan fingerprint density at radius 3 is 2.34 bits per heavy atom. The van der Waals surface area contributed by atoms with Crippen molar-refractivity contribution in [2.45, 2.75) is 27.7 Å². The Kier molecular flexibility index (Phi) is 6.28. The van der Waals surface area contributed by atoms with Crippen molar-refractivity contribution in [3.05, 3.63) is 64.3 Å². The quantitative estimate of drug-likeness (QED) is 0.657. The predicted octanol–water partition coefficient (Wildman–Crippen LogP) is 4.90. The lowest BCUT2D eigenvalue weighted by atomic mass is 10.0. The first-order valence-corrected chi connectivity index (χ1v) is 10.1. The van der Waals surface area contributed by atoms with E-state index in [1.165, 1.54) is 4.90 Å². The number of rotatable bonds is 7. The van der Waals surface area contributed by atoms with E-state index in [-0.39, 0.29) is 23.4 Å². The number of amides is 2. The van der Waals surface area contributed by atoms with Gasteiger partial charge >= 0.3 is 0 Å². The third kappa shape index (κ3) is 4.46. The predicted molar refractivity (Wildman–Crippen MR) is 116 cm³/mol. The SMILES string of the molecule is CCOc1ccc(C2=C(Nc3ccc(C)c(Cl)c3)C(=O)N(CC(C)C)C2=O)cc1. The van der Waals surface area contributed by atoms with Crippen molar-refractivity contribution >= 4 is 34.7 Å². The number of hydrogen-bond acceptors (Lipinski definition) is 4. The highest BCUT2D eigenvalue weighted by Crippen LogP contribution is 2.32. The molecule has 152 valence electrons. The van der Waals surface area contributed by atoms with Crippen LogP contribution in [0.2, 0.25) is 5.02 Å². The summed E-state index contributed by atoms with van der Waals surface area (Å²) in [5.41, 5.74) is 2.88. The normalized spacial score (nSPS) is 14.2. The van der Waals surface area contributed by atoms with E-state index >= 15 is 0 Å². The van der Waals surface area contributed by atoms with E-state index in [4.69, 9.17) is 16.3 Å². The Morgan fingerprint density at radius 2 is 1.76 bits per heavy atom. The summed E-state index contributed by atoms with van der Waals surface area (Å²) in [7, 11) is 0. The lowest BCUT2D eigenvalue weighted by Crippen LogP contribution is -2.35. The largest absolute Gasteiger partial charge is 0.494 e. The van der Waals surface area contributed by atoms with Gasteiger partial charge in [0.2, 0.25) is 0 Å². The summed E-state index contributed by atoms with van der Waals surface area (Å²) in [5, 5.41) is 3.72. The van der Waals surface area contributed by atoms with Crippen LogP contribution in [0.5, 0.6) is 5.75 Å². The molecule has 2 amide bonds. The van der Waals surface area contributed by atoms with Crippen molar-refractivity contribution in [1.82, 2.24) is 4.90 Å². The molecule has 0 atom stereocenters. The molecule has 3 rings (SSSR count). The van der Waals surface area contributed by atoms with Crippen molar-refractivity contribution in [1.29, 1.82) is 0 Å². The number of nitrogens with one attached hydrogen (secondary N) is 1. The number of imide groups is 1. The smallest absolute Gasteiger partial charge is 0.278 e. The fraction of sp³-hybridized carbons (Fsp3) is 0.304. The number of ether oxygens (including phenoxy) is 1.